The SMILES string of the molecule is CN(C[C@H](N)c1ccc(F)c(Br)c1)S(=O)(=O)c1ccc([N+](=O)[O-])cc1.Cl. The van der Waals surface area contributed by atoms with E-state index in [9.17, 15) is 22.9 Å². The Bertz CT molecular complexity index is 896. The third-order valence-corrected chi connectivity index (χ3v) is 6.03. The normalized spacial score (nSPS) is 12.5. The molecular weight excluding hydrogens is 453 g/mol. The molecule has 2 rings (SSSR count). The molecule has 0 saturated carbocycles. The molecule has 0 unspecified atom stereocenters. The van der Waals surface area contributed by atoms with Crippen LogP contribution in [-0.4, -0.2) is 31.2 Å². The Morgan fingerprint density at radius 3 is 2.35 bits per heavy atom. The van der Waals surface area contributed by atoms with Crippen molar-refractivity contribution in [1.82, 2.24) is 4.31 Å². The summed E-state index contributed by atoms with van der Waals surface area (Å²) in [6.45, 7) is -0.0443. The Labute approximate surface area is 164 Å². The smallest absolute Gasteiger partial charge is 0.269 e. The highest BCUT2D eigenvalue weighted by atomic mass is 79.9. The zero-order chi connectivity index (χ0) is 18.8. The van der Waals surface area contributed by atoms with E-state index >= 15 is 0 Å². The van der Waals surface area contributed by atoms with E-state index in [1.807, 2.05) is 0 Å². The Hall–Kier alpha value is -1.59. The summed E-state index contributed by atoms with van der Waals surface area (Å²) in [5.74, 6) is -0.442. The summed E-state index contributed by atoms with van der Waals surface area (Å²) in [6.07, 6.45) is 0. The molecule has 26 heavy (non-hydrogen) atoms. The van der Waals surface area contributed by atoms with Crippen LogP contribution in [0.25, 0.3) is 0 Å². The van der Waals surface area contributed by atoms with Crippen molar-refractivity contribution in [3.8, 4) is 0 Å². The highest BCUT2D eigenvalue weighted by Crippen LogP contribution is 2.23. The number of nitrogens with two attached hydrogens (primary N) is 1. The average Bonchev–Trinajstić information content (AvgIpc) is 2.57. The van der Waals surface area contributed by atoms with E-state index in [1.54, 1.807) is 0 Å². The monoisotopic (exact) mass is 467 g/mol. The fraction of sp³-hybridized carbons (Fsp3) is 0.200. The molecule has 2 aromatic carbocycles. The maximum absolute atomic E-state index is 13.3. The van der Waals surface area contributed by atoms with Gasteiger partial charge in [-0.25, -0.2) is 12.8 Å². The predicted molar refractivity (Wildman–Crippen MR) is 101 cm³/mol. The maximum atomic E-state index is 13.3. The number of non-ortho nitro benzene ring substituents is 1. The van der Waals surface area contributed by atoms with Crippen LogP contribution in [0.15, 0.2) is 51.8 Å². The Morgan fingerprint density at radius 2 is 1.85 bits per heavy atom. The summed E-state index contributed by atoms with van der Waals surface area (Å²) in [5.41, 5.74) is 6.38. The van der Waals surface area contributed by atoms with Gasteiger partial charge in [-0.2, -0.15) is 4.31 Å². The molecule has 0 radical (unpaired) electrons. The van der Waals surface area contributed by atoms with Gasteiger partial charge in [0.05, 0.1) is 14.3 Å². The first-order valence-corrected chi connectivity index (χ1v) is 9.27. The van der Waals surface area contributed by atoms with Crippen LogP contribution in [-0.2, 0) is 10.0 Å². The topological polar surface area (TPSA) is 107 Å². The van der Waals surface area contributed by atoms with Crippen molar-refractivity contribution < 1.29 is 17.7 Å². The summed E-state index contributed by atoms with van der Waals surface area (Å²) in [5, 5.41) is 10.6. The van der Waals surface area contributed by atoms with E-state index < -0.39 is 26.8 Å². The maximum Gasteiger partial charge on any atom is 0.269 e. The average molecular weight is 469 g/mol. The van der Waals surface area contributed by atoms with Gasteiger partial charge in [-0.3, -0.25) is 10.1 Å². The van der Waals surface area contributed by atoms with Crippen LogP contribution in [0.5, 0.6) is 0 Å². The van der Waals surface area contributed by atoms with E-state index in [1.165, 1.54) is 37.4 Å². The molecule has 0 spiro atoms. The van der Waals surface area contributed by atoms with Crippen molar-refractivity contribution >= 4 is 44.0 Å². The molecule has 142 valence electrons. The standard InChI is InChI=1S/C15H15BrFN3O4S.ClH/c1-19(9-15(18)10-2-7-14(17)13(16)8-10)25(23,24)12-5-3-11(4-6-12)20(21)22;/h2-8,15H,9,18H2,1H3;1H/t15-;/m0./s1. The lowest BCUT2D eigenvalue weighted by atomic mass is 10.1. The van der Waals surface area contributed by atoms with Gasteiger partial charge in [0.15, 0.2) is 0 Å². The summed E-state index contributed by atoms with van der Waals surface area (Å²) >= 11 is 3.06. The number of hydrogen-bond donors (Lipinski definition) is 1. The molecule has 0 heterocycles. The van der Waals surface area contributed by atoms with Crippen LogP contribution >= 0.6 is 28.3 Å². The van der Waals surface area contributed by atoms with Gasteiger partial charge >= 0.3 is 0 Å². The molecule has 2 aromatic rings. The number of rotatable bonds is 6. The highest BCUT2D eigenvalue weighted by molar-refractivity contribution is 9.10. The zero-order valence-electron chi connectivity index (χ0n) is 13.5. The third kappa shape index (κ3) is 4.98. The molecule has 11 heteroatoms. The van der Waals surface area contributed by atoms with Gasteiger partial charge in [0, 0.05) is 31.8 Å². The van der Waals surface area contributed by atoms with E-state index in [-0.39, 0.29) is 34.0 Å². The number of likely N-dealkylation sites (N-methyl/N-ethyl adjacent to an activating group) is 1. The first-order valence-electron chi connectivity index (χ1n) is 7.04. The first kappa shape index (κ1) is 22.5. The molecule has 7 nitrogen and oxygen atoms in total. The van der Waals surface area contributed by atoms with E-state index in [0.717, 1.165) is 16.4 Å². The molecule has 0 amide bonds. The van der Waals surface area contributed by atoms with Gasteiger partial charge in [0.25, 0.3) is 5.69 Å². The third-order valence-electron chi connectivity index (χ3n) is 3.58. The van der Waals surface area contributed by atoms with Gasteiger partial charge in [0.1, 0.15) is 5.82 Å². The molecule has 0 fully saturated rings. The van der Waals surface area contributed by atoms with E-state index in [0.29, 0.717) is 5.56 Å². The molecule has 2 N–H and O–H groups in total. The fourth-order valence-electron chi connectivity index (χ4n) is 2.14. The lowest BCUT2D eigenvalue weighted by Crippen LogP contribution is -2.34. The van der Waals surface area contributed by atoms with Gasteiger partial charge < -0.3 is 5.73 Å². The fourth-order valence-corrected chi connectivity index (χ4v) is 3.74. The second kappa shape index (κ2) is 8.87. The minimum Gasteiger partial charge on any atom is -0.323 e. The first-order chi connectivity index (χ1) is 11.6. The number of halogens is 3. The van der Waals surface area contributed by atoms with Gasteiger partial charge in [-0.1, -0.05) is 6.07 Å². The van der Waals surface area contributed by atoms with Gasteiger partial charge in [0.2, 0.25) is 10.0 Å². The molecule has 0 aliphatic heterocycles. The van der Waals surface area contributed by atoms with Gasteiger partial charge in [-0.15, -0.1) is 12.4 Å². The largest absolute Gasteiger partial charge is 0.323 e. The lowest BCUT2D eigenvalue weighted by molar-refractivity contribution is -0.384. The van der Waals surface area contributed by atoms with Crippen LogP contribution in [0.1, 0.15) is 11.6 Å². The minimum absolute atomic E-state index is 0. The summed E-state index contributed by atoms with van der Waals surface area (Å²) in [7, 11) is -2.50. The van der Waals surface area contributed by atoms with Crippen molar-refractivity contribution in [3.63, 3.8) is 0 Å². The van der Waals surface area contributed by atoms with Crippen LogP contribution in [0.3, 0.4) is 0 Å². The molecule has 0 aliphatic rings. The number of nitro groups is 1. The van der Waals surface area contributed by atoms with Crippen molar-refractivity contribution in [1.29, 1.82) is 0 Å². The molecule has 0 saturated heterocycles. The predicted octanol–water partition coefficient (Wildman–Crippen LogP) is 3.24. The van der Waals surface area contributed by atoms with Crippen molar-refractivity contribution in [3.05, 3.63) is 68.4 Å². The Kier molecular flexibility index (Phi) is 7.66. The second-order valence-electron chi connectivity index (χ2n) is 5.32. The number of sulfonamides is 1. The summed E-state index contributed by atoms with van der Waals surface area (Å²) in [4.78, 5) is 9.96. The van der Waals surface area contributed by atoms with E-state index in [2.05, 4.69) is 15.9 Å². The number of nitrogens with zero attached hydrogens (tertiary/aromatic N) is 2. The van der Waals surface area contributed by atoms with Gasteiger partial charge in [-0.05, 0) is 45.8 Å². The summed E-state index contributed by atoms with van der Waals surface area (Å²) < 4.78 is 39.6. The zero-order valence-corrected chi connectivity index (χ0v) is 16.7. The van der Waals surface area contributed by atoms with Crippen LogP contribution in [0, 0.1) is 15.9 Å². The molecule has 1 atom stereocenters. The Morgan fingerprint density at radius 1 is 1.27 bits per heavy atom. The molecule has 0 bridgehead atoms. The van der Waals surface area contributed by atoms with E-state index in [4.69, 9.17) is 5.73 Å². The van der Waals surface area contributed by atoms with Crippen LogP contribution < -0.4 is 5.73 Å². The molecule has 0 aromatic heterocycles. The van der Waals surface area contributed by atoms with Crippen molar-refractivity contribution in [2.75, 3.05) is 13.6 Å². The quantitative estimate of drug-likeness (QED) is 0.517. The van der Waals surface area contributed by atoms with Crippen molar-refractivity contribution in [2.45, 2.75) is 10.9 Å². The Balaban J connectivity index is 0.00000338. The van der Waals surface area contributed by atoms with Crippen LogP contribution in [0.4, 0.5) is 10.1 Å². The number of hydrogen-bond acceptors (Lipinski definition) is 5. The summed E-state index contributed by atoms with van der Waals surface area (Å²) in [6, 6.07) is 8.13. The lowest BCUT2D eigenvalue weighted by Gasteiger charge is -2.21. The minimum atomic E-state index is -3.86. The number of nitro benzene ring substituents is 1. The number of benzene rings is 2. The molecule has 0 aliphatic carbocycles. The molecular formula is C15H16BrClFN3O4S. The highest BCUT2D eigenvalue weighted by Gasteiger charge is 2.24. The second-order valence-corrected chi connectivity index (χ2v) is 8.22. The van der Waals surface area contributed by atoms with Crippen LogP contribution in [0.2, 0.25) is 0 Å². The van der Waals surface area contributed by atoms with Crippen molar-refractivity contribution in [2.24, 2.45) is 5.73 Å².